The summed E-state index contributed by atoms with van der Waals surface area (Å²) in [5, 5.41) is 4.85. The Morgan fingerprint density at radius 2 is 2.24 bits per heavy atom. The Morgan fingerprint density at radius 1 is 1.41 bits per heavy atom. The van der Waals surface area contributed by atoms with Gasteiger partial charge in [0.25, 0.3) is 0 Å². The Morgan fingerprint density at radius 3 is 2.94 bits per heavy atom. The number of rotatable bonds is 4. The highest BCUT2D eigenvalue weighted by molar-refractivity contribution is 6.36. The Hall–Kier alpha value is -0.440. The molecule has 1 atom stereocenters. The Balaban J connectivity index is 2.00. The predicted octanol–water partition coefficient (Wildman–Crippen LogP) is 3.43. The molecule has 17 heavy (non-hydrogen) atoms. The van der Waals surface area contributed by atoms with Crippen LogP contribution in [0.25, 0.3) is 0 Å². The van der Waals surface area contributed by atoms with Crippen LogP contribution in [0.15, 0.2) is 18.2 Å². The van der Waals surface area contributed by atoms with Crippen LogP contribution in [-0.2, 0) is 0 Å². The number of nitrogens with zero attached hydrogens (tertiary/aromatic N) is 1. The third kappa shape index (κ3) is 3.27. The summed E-state index contributed by atoms with van der Waals surface area (Å²) in [4.78, 5) is 2.35. The molecule has 1 heterocycles. The molecule has 0 amide bonds. The van der Waals surface area contributed by atoms with Crippen LogP contribution in [0.1, 0.15) is 13.3 Å². The summed E-state index contributed by atoms with van der Waals surface area (Å²) in [6.45, 7) is 6.44. The SMILES string of the molecule is CCNCC1CCN(c2ccc(Cl)cc2Cl)C1. The van der Waals surface area contributed by atoms with E-state index in [-0.39, 0.29) is 0 Å². The van der Waals surface area contributed by atoms with Crippen molar-refractivity contribution in [2.24, 2.45) is 5.92 Å². The first-order valence-electron chi connectivity index (χ1n) is 6.11. The molecule has 0 spiro atoms. The van der Waals surface area contributed by atoms with Gasteiger partial charge in [0.2, 0.25) is 0 Å². The van der Waals surface area contributed by atoms with Crippen molar-refractivity contribution in [2.75, 3.05) is 31.1 Å². The minimum Gasteiger partial charge on any atom is -0.370 e. The van der Waals surface area contributed by atoms with Crippen molar-refractivity contribution >= 4 is 28.9 Å². The lowest BCUT2D eigenvalue weighted by molar-refractivity contribution is 0.528. The molecule has 0 bridgehead atoms. The summed E-state index contributed by atoms with van der Waals surface area (Å²) in [5.74, 6) is 0.724. The standard InChI is InChI=1S/C13H18Cl2N2/c1-2-16-8-10-5-6-17(9-10)13-4-3-11(14)7-12(13)15/h3-4,7,10,16H,2,5-6,8-9H2,1H3. The van der Waals surface area contributed by atoms with Crippen LogP contribution < -0.4 is 10.2 Å². The first kappa shape index (κ1) is 13.0. The molecule has 0 aliphatic carbocycles. The lowest BCUT2D eigenvalue weighted by Gasteiger charge is -2.20. The van der Waals surface area contributed by atoms with E-state index in [9.17, 15) is 0 Å². The maximum atomic E-state index is 6.22. The van der Waals surface area contributed by atoms with E-state index < -0.39 is 0 Å². The molecule has 0 saturated carbocycles. The van der Waals surface area contributed by atoms with Gasteiger partial charge in [-0.2, -0.15) is 0 Å². The highest BCUT2D eigenvalue weighted by Crippen LogP contribution is 2.32. The first-order chi connectivity index (χ1) is 8.20. The van der Waals surface area contributed by atoms with Gasteiger partial charge in [-0.25, -0.2) is 0 Å². The first-order valence-corrected chi connectivity index (χ1v) is 6.87. The van der Waals surface area contributed by atoms with Gasteiger partial charge in [-0.05, 0) is 43.6 Å². The molecule has 1 aromatic carbocycles. The van der Waals surface area contributed by atoms with Gasteiger partial charge in [0, 0.05) is 18.1 Å². The van der Waals surface area contributed by atoms with Crippen molar-refractivity contribution in [2.45, 2.75) is 13.3 Å². The molecule has 1 aliphatic rings. The lowest BCUT2D eigenvalue weighted by Crippen LogP contribution is -2.26. The smallest absolute Gasteiger partial charge is 0.0654 e. The largest absolute Gasteiger partial charge is 0.370 e. The topological polar surface area (TPSA) is 15.3 Å². The highest BCUT2D eigenvalue weighted by atomic mass is 35.5. The molecule has 94 valence electrons. The molecule has 4 heteroatoms. The van der Waals surface area contributed by atoms with Gasteiger partial charge < -0.3 is 10.2 Å². The van der Waals surface area contributed by atoms with Crippen LogP contribution >= 0.6 is 23.2 Å². The van der Waals surface area contributed by atoms with Crippen LogP contribution in [0.3, 0.4) is 0 Å². The molecule has 1 saturated heterocycles. The van der Waals surface area contributed by atoms with Crippen molar-refractivity contribution in [1.29, 1.82) is 0 Å². The number of benzene rings is 1. The van der Waals surface area contributed by atoms with E-state index in [0.717, 1.165) is 42.8 Å². The monoisotopic (exact) mass is 272 g/mol. The Kier molecular flexibility index (Phi) is 4.55. The van der Waals surface area contributed by atoms with Crippen LogP contribution in [0, 0.1) is 5.92 Å². The molecule has 1 N–H and O–H groups in total. The molecule has 1 aromatic rings. The average Bonchev–Trinajstić information content (AvgIpc) is 2.75. The van der Waals surface area contributed by atoms with Crippen molar-refractivity contribution in [3.8, 4) is 0 Å². The molecule has 1 unspecified atom stereocenters. The third-order valence-corrected chi connectivity index (χ3v) is 3.76. The number of anilines is 1. The van der Waals surface area contributed by atoms with E-state index in [1.165, 1.54) is 6.42 Å². The maximum absolute atomic E-state index is 6.22. The second-order valence-electron chi connectivity index (χ2n) is 4.50. The fourth-order valence-corrected chi connectivity index (χ4v) is 2.83. The van der Waals surface area contributed by atoms with Gasteiger partial charge in [-0.3, -0.25) is 0 Å². The maximum Gasteiger partial charge on any atom is 0.0654 e. The summed E-state index contributed by atoms with van der Waals surface area (Å²) in [7, 11) is 0. The molecule has 2 nitrogen and oxygen atoms in total. The molecule has 0 aromatic heterocycles. The van der Waals surface area contributed by atoms with Gasteiger partial charge in [0.1, 0.15) is 0 Å². The van der Waals surface area contributed by atoms with Crippen LogP contribution in [0.5, 0.6) is 0 Å². The molecular formula is C13H18Cl2N2. The number of nitrogens with one attached hydrogen (secondary N) is 1. The molecular weight excluding hydrogens is 255 g/mol. The summed E-state index contributed by atoms with van der Waals surface area (Å²) < 4.78 is 0. The highest BCUT2D eigenvalue weighted by Gasteiger charge is 2.23. The summed E-state index contributed by atoms with van der Waals surface area (Å²) in [5.41, 5.74) is 1.11. The molecule has 0 radical (unpaired) electrons. The summed E-state index contributed by atoms with van der Waals surface area (Å²) >= 11 is 12.1. The number of hydrogen-bond acceptors (Lipinski definition) is 2. The van der Waals surface area contributed by atoms with Crippen LogP contribution in [0.4, 0.5) is 5.69 Å². The Bertz CT molecular complexity index is 382. The predicted molar refractivity (Wildman–Crippen MR) is 75.3 cm³/mol. The Labute approximate surface area is 113 Å². The van der Waals surface area contributed by atoms with Crippen molar-refractivity contribution in [3.05, 3.63) is 28.2 Å². The fraction of sp³-hybridized carbons (Fsp3) is 0.538. The normalized spacial score (nSPS) is 19.9. The zero-order valence-electron chi connectivity index (χ0n) is 10.0. The number of halogens is 2. The zero-order valence-corrected chi connectivity index (χ0v) is 11.6. The summed E-state index contributed by atoms with van der Waals surface area (Å²) in [6, 6.07) is 5.73. The second kappa shape index (κ2) is 5.94. The minimum atomic E-state index is 0.696. The van der Waals surface area contributed by atoms with Crippen molar-refractivity contribution in [3.63, 3.8) is 0 Å². The summed E-state index contributed by atoms with van der Waals surface area (Å²) in [6.07, 6.45) is 1.23. The minimum absolute atomic E-state index is 0.696. The van der Waals surface area contributed by atoms with E-state index in [1.54, 1.807) is 0 Å². The van der Waals surface area contributed by atoms with Crippen molar-refractivity contribution < 1.29 is 0 Å². The van der Waals surface area contributed by atoms with Gasteiger partial charge in [0.05, 0.1) is 10.7 Å². The fourth-order valence-electron chi connectivity index (χ4n) is 2.30. The van der Waals surface area contributed by atoms with Crippen molar-refractivity contribution in [1.82, 2.24) is 5.32 Å². The van der Waals surface area contributed by atoms with Crippen LogP contribution in [0.2, 0.25) is 10.0 Å². The molecule has 2 rings (SSSR count). The van der Waals surface area contributed by atoms with E-state index in [0.29, 0.717) is 5.02 Å². The zero-order chi connectivity index (χ0) is 12.3. The third-order valence-electron chi connectivity index (χ3n) is 3.22. The lowest BCUT2D eigenvalue weighted by atomic mass is 10.1. The molecule has 1 aliphatic heterocycles. The average molecular weight is 273 g/mol. The van der Waals surface area contributed by atoms with Gasteiger partial charge >= 0.3 is 0 Å². The van der Waals surface area contributed by atoms with Gasteiger partial charge in [-0.1, -0.05) is 30.1 Å². The van der Waals surface area contributed by atoms with E-state index in [4.69, 9.17) is 23.2 Å². The van der Waals surface area contributed by atoms with E-state index in [1.807, 2.05) is 18.2 Å². The van der Waals surface area contributed by atoms with E-state index >= 15 is 0 Å². The van der Waals surface area contributed by atoms with E-state index in [2.05, 4.69) is 17.1 Å². The quantitative estimate of drug-likeness (QED) is 0.904. The van der Waals surface area contributed by atoms with Crippen LogP contribution in [-0.4, -0.2) is 26.2 Å². The van der Waals surface area contributed by atoms with Gasteiger partial charge in [-0.15, -0.1) is 0 Å². The van der Waals surface area contributed by atoms with Gasteiger partial charge in [0.15, 0.2) is 0 Å². The second-order valence-corrected chi connectivity index (χ2v) is 5.35. The number of hydrogen-bond donors (Lipinski definition) is 1. The molecule has 1 fully saturated rings.